The van der Waals surface area contributed by atoms with Crippen LogP contribution in [-0.4, -0.2) is 5.16 Å². The van der Waals surface area contributed by atoms with E-state index in [0.717, 1.165) is 5.56 Å². The highest BCUT2D eigenvalue weighted by molar-refractivity contribution is 5.82. The molecule has 0 bridgehead atoms. The molecule has 0 atom stereocenters. The number of hydrogen-bond donors (Lipinski definition) is 0. The number of rotatable bonds is 4. The SMILES string of the molecule is N#Cc1c(-c2ccc(COc3cc(=O)oc4ccccc34)cc2)no[n+]1[O-]. The quantitative estimate of drug-likeness (QED) is 0.405. The number of fused-ring (bicyclic) bond motifs is 1. The van der Waals surface area contributed by atoms with Gasteiger partial charge in [-0.25, -0.2) is 4.79 Å². The molecule has 0 saturated heterocycles. The Morgan fingerprint density at radius 3 is 2.74 bits per heavy atom. The molecule has 4 aromatic rings. The largest absolute Gasteiger partial charge is 0.488 e. The second kappa shape index (κ2) is 6.65. The highest BCUT2D eigenvalue weighted by Gasteiger charge is 2.20. The number of hydrogen-bond acceptors (Lipinski definition) is 7. The standard InChI is InChI=1S/C19H11N3O5/c20-10-15-19(21-27-22(15)24)13-7-5-12(6-8-13)11-25-17-9-18(23)26-16-4-2-1-3-14(16)17/h1-9H,11H2. The maximum atomic E-state index is 11.7. The van der Waals surface area contributed by atoms with E-state index in [2.05, 4.69) is 9.79 Å². The summed E-state index contributed by atoms with van der Waals surface area (Å²) in [7, 11) is 0. The molecule has 0 saturated carbocycles. The molecule has 0 unspecified atom stereocenters. The van der Waals surface area contributed by atoms with Crippen molar-refractivity contribution in [1.82, 2.24) is 5.16 Å². The molecule has 0 N–H and O–H groups in total. The van der Waals surface area contributed by atoms with Gasteiger partial charge in [0.1, 0.15) is 17.9 Å². The fraction of sp³-hybridized carbons (Fsp3) is 0.0526. The van der Waals surface area contributed by atoms with E-state index >= 15 is 0 Å². The molecule has 2 heterocycles. The fourth-order valence-electron chi connectivity index (χ4n) is 2.65. The first-order valence-electron chi connectivity index (χ1n) is 7.90. The van der Waals surface area contributed by atoms with Gasteiger partial charge in [0.05, 0.1) is 11.5 Å². The molecule has 0 fully saturated rings. The molecule has 0 aliphatic carbocycles. The Labute approximate surface area is 152 Å². The van der Waals surface area contributed by atoms with Crippen molar-refractivity contribution in [3.05, 3.63) is 81.5 Å². The van der Waals surface area contributed by atoms with Gasteiger partial charge < -0.3 is 14.4 Å². The number of benzene rings is 2. The number of aromatic nitrogens is 2. The summed E-state index contributed by atoms with van der Waals surface area (Å²) in [5.41, 5.74) is 1.33. The maximum absolute atomic E-state index is 11.7. The van der Waals surface area contributed by atoms with Gasteiger partial charge in [-0.15, -0.1) is 0 Å². The molecule has 4 rings (SSSR count). The van der Waals surface area contributed by atoms with E-state index in [9.17, 15) is 10.0 Å². The molecule has 8 nitrogen and oxygen atoms in total. The van der Waals surface area contributed by atoms with Crippen molar-refractivity contribution >= 4 is 11.0 Å². The maximum Gasteiger partial charge on any atom is 0.339 e. The highest BCUT2D eigenvalue weighted by Crippen LogP contribution is 2.25. The van der Waals surface area contributed by atoms with E-state index in [1.165, 1.54) is 6.07 Å². The van der Waals surface area contributed by atoms with Crippen molar-refractivity contribution in [3.8, 4) is 23.1 Å². The van der Waals surface area contributed by atoms with Crippen LogP contribution in [0.15, 0.2) is 68.4 Å². The molecule has 0 aliphatic rings. The molecule has 27 heavy (non-hydrogen) atoms. The summed E-state index contributed by atoms with van der Waals surface area (Å²) in [4.78, 5) is 11.7. The Balaban J connectivity index is 1.57. The lowest BCUT2D eigenvalue weighted by Crippen LogP contribution is -2.26. The smallest absolute Gasteiger partial charge is 0.339 e. The molecule has 8 heteroatoms. The lowest BCUT2D eigenvalue weighted by Gasteiger charge is -2.08. The number of nitrogens with zero attached hydrogens (tertiary/aromatic N) is 3. The van der Waals surface area contributed by atoms with E-state index in [1.54, 1.807) is 42.5 Å². The molecule has 0 spiro atoms. The lowest BCUT2D eigenvalue weighted by molar-refractivity contribution is -0.804. The van der Waals surface area contributed by atoms with Gasteiger partial charge in [-0.2, -0.15) is 5.26 Å². The van der Waals surface area contributed by atoms with Crippen molar-refractivity contribution in [3.63, 3.8) is 0 Å². The first-order chi connectivity index (χ1) is 13.2. The van der Waals surface area contributed by atoms with Crippen molar-refractivity contribution < 1.29 is 18.7 Å². The minimum atomic E-state index is -0.486. The summed E-state index contributed by atoms with van der Waals surface area (Å²) in [5.74, 6) is 0.432. The van der Waals surface area contributed by atoms with Crippen molar-refractivity contribution in [2.75, 3.05) is 0 Å². The molecule has 2 aromatic heterocycles. The van der Waals surface area contributed by atoms with Gasteiger partial charge in [0.25, 0.3) is 5.69 Å². The van der Waals surface area contributed by atoms with Crippen LogP contribution in [0.2, 0.25) is 0 Å². The van der Waals surface area contributed by atoms with Gasteiger partial charge in [-0.05, 0) is 34.7 Å². The minimum absolute atomic E-state index is 0.0679. The monoisotopic (exact) mass is 361 g/mol. The van der Waals surface area contributed by atoms with Gasteiger partial charge in [0.2, 0.25) is 0 Å². The highest BCUT2D eigenvalue weighted by atomic mass is 16.8. The minimum Gasteiger partial charge on any atom is -0.488 e. The molecule has 0 radical (unpaired) electrons. The number of nitriles is 1. The zero-order valence-electron chi connectivity index (χ0n) is 13.8. The normalized spacial score (nSPS) is 10.6. The van der Waals surface area contributed by atoms with Crippen molar-refractivity contribution in [1.29, 1.82) is 5.26 Å². The summed E-state index contributed by atoms with van der Waals surface area (Å²) in [5, 5.41) is 24.6. The van der Waals surface area contributed by atoms with Gasteiger partial charge in [-0.1, -0.05) is 24.3 Å². The molecule has 2 aromatic carbocycles. The first kappa shape index (κ1) is 16.4. The molecule has 132 valence electrons. The Hall–Kier alpha value is -4.12. The summed E-state index contributed by atoms with van der Waals surface area (Å²) >= 11 is 0. The number of para-hydroxylation sites is 1. The topological polar surface area (TPSA) is 116 Å². The third-order valence-electron chi connectivity index (χ3n) is 3.95. The van der Waals surface area contributed by atoms with Crippen LogP contribution in [0.1, 0.15) is 11.3 Å². The molecule has 0 aliphatic heterocycles. The second-order valence-electron chi connectivity index (χ2n) is 5.65. The van der Waals surface area contributed by atoms with Gasteiger partial charge in [-0.3, -0.25) is 4.63 Å². The van der Waals surface area contributed by atoms with Crippen molar-refractivity contribution in [2.45, 2.75) is 6.61 Å². The van der Waals surface area contributed by atoms with E-state index in [-0.39, 0.29) is 22.9 Å². The third kappa shape index (κ3) is 3.09. The van der Waals surface area contributed by atoms with Crippen LogP contribution in [0, 0.1) is 16.5 Å². The summed E-state index contributed by atoms with van der Waals surface area (Å²) in [6, 6.07) is 17.1. The van der Waals surface area contributed by atoms with E-state index < -0.39 is 5.63 Å². The molecular weight excluding hydrogens is 350 g/mol. The Morgan fingerprint density at radius 2 is 1.96 bits per heavy atom. The Kier molecular flexibility index (Phi) is 4.03. The summed E-state index contributed by atoms with van der Waals surface area (Å²) in [6.45, 7) is 0.221. The Morgan fingerprint density at radius 1 is 1.19 bits per heavy atom. The van der Waals surface area contributed by atoms with Gasteiger partial charge >= 0.3 is 11.3 Å². The fourth-order valence-corrected chi connectivity index (χ4v) is 2.65. The van der Waals surface area contributed by atoms with Crippen molar-refractivity contribution in [2.24, 2.45) is 0 Å². The predicted molar refractivity (Wildman–Crippen MR) is 92.4 cm³/mol. The van der Waals surface area contributed by atoms with E-state index in [1.807, 2.05) is 12.1 Å². The predicted octanol–water partition coefficient (Wildman–Crippen LogP) is 2.53. The van der Waals surface area contributed by atoms with Crippen LogP contribution in [0.5, 0.6) is 5.75 Å². The lowest BCUT2D eigenvalue weighted by atomic mass is 10.1. The molecular formula is C19H11N3O5. The average Bonchev–Trinajstić information content (AvgIpc) is 3.07. The second-order valence-corrected chi connectivity index (χ2v) is 5.65. The Bertz CT molecular complexity index is 1220. The van der Waals surface area contributed by atoms with Crippen LogP contribution in [0.3, 0.4) is 0 Å². The van der Waals surface area contributed by atoms with Crippen LogP contribution in [0.25, 0.3) is 22.2 Å². The van der Waals surface area contributed by atoms with Crippen LogP contribution >= 0.6 is 0 Å². The zero-order valence-corrected chi connectivity index (χ0v) is 13.8. The van der Waals surface area contributed by atoms with Gasteiger partial charge in [0.15, 0.2) is 6.07 Å². The van der Waals surface area contributed by atoms with E-state index in [4.69, 9.17) is 14.4 Å². The molecule has 0 amide bonds. The van der Waals surface area contributed by atoms with E-state index in [0.29, 0.717) is 22.3 Å². The third-order valence-corrected chi connectivity index (χ3v) is 3.95. The first-order valence-corrected chi connectivity index (χ1v) is 7.90. The van der Waals surface area contributed by atoms with Crippen LogP contribution in [0.4, 0.5) is 0 Å². The number of ether oxygens (including phenoxy) is 1. The summed E-state index contributed by atoms with van der Waals surface area (Å²) < 4.78 is 15.4. The van der Waals surface area contributed by atoms with Gasteiger partial charge in [0, 0.05) is 10.7 Å². The average molecular weight is 361 g/mol. The van der Waals surface area contributed by atoms with Crippen LogP contribution in [-0.2, 0) is 6.61 Å². The zero-order chi connectivity index (χ0) is 18.8. The van der Waals surface area contributed by atoms with Crippen LogP contribution < -0.4 is 15.3 Å². The summed E-state index contributed by atoms with van der Waals surface area (Å²) in [6.07, 6.45) is 0.